The molecule has 1 aromatic carbocycles. The van der Waals surface area contributed by atoms with Gasteiger partial charge >= 0.3 is 0 Å². The number of aromatic nitrogens is 1. The van der Waals surface area contributed by atoms with Crippen molar-refractivity contribution >= 4 is 11.8 Å². The van der Waals surface area contributed by atoms with Gasteiger partial charge in [-0.25, -0.2) is 9.98 Å². The largest absolute Gasteiger partial charge is 0.357 e. The van der Waals surface area contributed by atoms with Gasteiger partial charge in [-0.15, -0.1) is 0 Å². The molecule has 0 amide bonds. The van der Waals surface area contributed by atoms with Gasteiger partial charge < -0.3 is 20.4 Å². The number of hydrogen-bond donors (Lipinski definition) is 2. The van der Waals surface area contributed by atoms with Crippen LogP contribution in [0.25, 0.3) is 0 Å². The first-order chi connectivity index (χ1) is 15.1. The summed E-state index contributed by atoms with van der Waals surface area (Å²) in [4.78, 5) is 14.3. The Morgan fingerprint density at radius 1 is 1.10 bits per heavy atom. The van der Waals surface area contributed by atoms with E-state index in [1.54, 1.807) is 0 Å². The average molecular weight is 423 g/mol. The highest BCUT2D eigenvalue weighted by molar-refractivity contribution is 5.79. The van der Waals surface area contributed by atoms with Crippen LogP contribution in [0.3, 0.4) is 0 Å². The quantitative estimate of drug-likeness (QED) is 0.504. The summed E-state index contributed by atoms with van der Waals surface area (Å²) in [5, 5.41) is 6.87. The molecule has 6 nitrogen and oxygen atoms in total. The summed E-state index contributed by atoms with van der Waals surface area (Å²) in [6.07, 6.45) is 1.91. The number of rotatable bonds is 8. The molecule has 2 N–H and O–H groups in total. The fraction of sp³-hybridized carbons (Fsp3) is 0.520. The van der Waals surface area contributed by atoms with E-state index in [0.717, 1.165) is 57.6 Å². The molecule has 1 saturated heterocycles. The Morgan fingerprint density at radius 3 is 2.61 bits per heavy atom. The third-order valence-corrected chi connectivity index (χ3v) is 5.90. The van der Waals surface area contributed by atoms with Crippen LogP contribution in [0.2, 0.25) is 0 Å². The van der Waals surface area contributed by atoms with E-state index in [9.17, 15) is 0 Å². The van der Waals surface area contributed by atoms with Crippen molar-refractivity contribution in [3.8, 4) is 0 Å². The molecule has 31 heavy (non-hydrogen) atoms. The minimum atomic E-state index is 0.415. The minimum Gasteiger partial charge on any atom is -0.357 e. The highest BCUT2D eigenvalue weighted by Gasteiger charge is 2.16. The van der Waals surface area contributed by atoms with Gasteiger partial charge in [-0.1, -0.05) is 43.7 Å². The summed E-state index contributed by atoms with van der Waals surface area (Å²) in [5.74, 6) is 2.34. The maximum absolute atomic E-state index is 4.82. The van der Waals surface area contributed by atoms with Crippen LogP contribution >= 0.6 is 0 Å². The standard InChI is InChI=1S/C25H38N6/c1-5-26-25(28-18-21(4)23-9-7-8-20(3)16-23)29-19-22-10-11-27-24(17-22)31-14-12-30(6-2)13-15-31/h7-11,16-17,21H,5-6,12-15,18-19H2,1-4H3,(H2,26,28,29). The van der Waals surface area contributed by atoms with E-state index in [-0.39, 0.29) is 0 Å². The first kappa shape index (κ1) is 23.1. The van der Waals surface area contributed by atoms with Gasteiger partial charge in [-0.3, -0.25) is 0 Å². The van der Waals surface area contributed by atoms with Gasteiger partial charge in [0.2, 0.25) is 0 Å². The van der Waals surface area contributed by atoms with Crippen LogP contribution in [0, 0.1) is 6.92 Å². The first-order valence-corrected chi connectivity index (χ1v) is 11.6. The van der Waals surface area contributed by atoms with Crippen molar-refractivity contribution in [2.45, 2.75) is 40.2 Å². The second kappa shape index (κ2) is 11.7. The highest BCUT2D eigenvalue weighted by Crippen LogP contribution is 2.17. The number of guanidine groups is 1. The van der Waals surface area contributed by atoms with Gasteiger partial charge in [0.1, 0.15) is 5.82 Å². The van der Waals surface area contributed by atoms with Gasteiger partial charge in [0.25, 0.3) is 0 Å². The molecular formula is C25H38N6. The minimum absolute atomic E-state index is 0.415. The Bertz CT molecular complexity index is 841. The van der Waals surface area contributed by atoms with Gasteiger partial charge in [0, 0.05) is 45.5 Å². The Hall–Kier alpha value is -2.60. The van der Waals surface area contributed by atoms with Gasteiger partial charge in [-0.2, -0.15) is 0 Å². The maximum Gasteiger partial charge on any atom is 0.191 e. The molecule has 1 unspecified atom stereocenters. The smallest absolute Gasteiger partial charge is 0.191 e. The van der Waals surface area contributed by atoms with Crippen LogP contribution in [0.15, 0.2) is 47.6 Å². The lowest BCUT2D eigenvalue weighted by Crippen LogP contribution is -2.46. The number of aryl methyl sites for hydroxylation is 1. The lowest BCUT2D eigenvalue weighted by atomic mass is 9.99. The normalized spacial score (nSPS) is 16.3. The van der Waals surface area contributed by atoms with Crippen molar-refractivity contribution in [2.75, 3.05) is 50.7 Å². The van der Waals surface area contributed by atoms with Crippen molar-refractivity contribution in [2.24, 2.45) is 4.99 Å². The SMILES string of the molecule is CCNC(=NCc1ccnc(N2CCN(CC)CC2)c1)NCC(C)c1cccc(C)c1. The number of pyridine rings is 1. The third kappa shape index (κ3) is 6.96. The Morgan fingerprint density at radius 2 is 1.90 bits per heavy atom. The monoisotopic (exact) mass is 422 g/mol. The summed E-state index contributed by atoms with van der Waals surface area (Å²) < 4.78 is 0. The van der Waals surface area contributed by atoms with E-state index in [4.69, 9.17) is 4.99 Å². The number of likely N-dealkylation sites (N-methyl/N-ethyl adjacent to an activating group) is 1. The molecular weight excluding hydrogens is 384 g/mol. The topological polar surface area (TPSA) is 55.8 Å². The number of hydrogen-bond acceptors (Lipinski definition) is 4. The molecule has 6 heteroatoms. The van der Waals surface area contributed by atoms with E-state index in [1.807, 2.05) is 6.20 Å². The van der Waals surface area contributed by atoms with Crippen molar-refractivity contribution in [3.63, 3.8) is 0 Å². The second-order valence-electron chi connectivity index (χ2n) is 8.33. The molecule has 168 valence electrons. The zero-order chi connectivity index (χ0) is 22.1. The number of nitrogens with zero attached hydrogens (tertiary/aromatic N) is 4. The van der Waals surface area contributed by atoms with Crippen LogP contribution in [-0.4, -0.2) is 61.7 Å². The van der Waals surface area contributed by atoms with Crippen molar-refractivity contribution < 1.29 is 0 Å². The third-order valence-electron chi connectivity index (χ3n) is 5.90. The summed E-state index contributed by atoms with van der Waals surface area (Å²) in [7, 11) is 0. The molecule has 1 atom stereocenters. The zero-order valence-electron chi connectivity index (χ0n) is 19.6. The first-order valence-electron chi connectivity index (χ1n) is 11.6. The number of anilines is 1. The summed E-state index contributed by atoms with van der Waals surface area (Å²) in [6, 6.07) is 13.0. The fourth-order valence-electron chi connectivity index (χ4n) is 3.88. The molecule has 3 rings (SSSR count). The van der Waals surface area contributed by atoms with E-state index >= 15 is 0 Å². The number of aliphatic imine (C=N–C) groups is 1. The van der Waals surface area contributed by atoms with E-state index in [1.165, 1.54) is 16.7 Å². The summed E-state index contributed by atoms with van der Waals surface area (Å²) in [6.45, 7) is 16.4. The molecule has 0 bridgehead atoms. The molecule has 1 aliphatic rings. The fourth-order valence-corrected chi connectivity index (χ4v) is 3.88. The van der Waals surface area contributed by atoms with Gasteiger partial charge in [0.15, 0.2) is 5.96 Å². The number of piperazine rings is 1. The maximum atomic E-state index is 4.82. The molecule has 0 radical (unpaired) electrons. The number of nitrogens with one attached hydrogen (secondary N) is 2. The van der Waals surface area contributed by atoms with Crippen LogP contribution < -0.4 is 15.5 Å². The lowest BCUT2D eigenvalue weighted by molar-refractivity contribution is 0.270. The van der Waals surface area contributed by atoms with Crippen LogP contribution in [0.1, 0.15) is 43.4 Å². The zero-order valence-corrected chi connectivity index (χ0v) is 19.6. The van der Waals surface area contributed by atoms with Gasteiger partial charge in [0.05, 0.1) is 6.54 Å². The lowest BCUT2D eigenvalue weighted by Gasteiger charge is -2.34. The molecule has 0 spiro atoms. The molecule has 2 aromatic rings. The Labute approximate surface area is 187 Å². The van der Waals surface area contributed by atoms with Crippen LogP contribution in [0.5, 0.6) is 0 Å². The Balaban J connectivity index is 1.58. The molecule has 1 fully saturated rings. The molecule has 1 aromatic heterocycles. The molecule has 0 saturated carbocycles. The van der Waals surface area contributed by atoms with Crippen LogP contribution in [-0.2, 0) is 6.54 Å². The van der Waals surface area contributed by atoms with E-state index in [0.29, 0.717) is 12.5 Å². The second-order valence-corrected chi connectivity index (χ2v) is 8.33. The van der Waals surface area contributed by atoms with E-state index < -0.39 is 0 Å². The summed E-state index contributed by atoms with van der Waals surface area (Å²) >= 11 is 0. The Kier molecular flexibility index (Phi) is 8.71. The molecule has 1 aliphatic heterocycles. The predicted octanol–water partition coefficient (Wildman–Crippen LogP) is 3.39. The van der Waals surface area contributed by atoms with Crippen molar-refractivity contribution in [1.29, 1.82) is 0 Å². The molecule has 0 aliphatic carbocycles. The molecule has 2 heterocycles. The predicted molar refractivity (Wildman–Crippen MR) is 131 cm³/mol. The summed E-state index contributed by atoms with van der Waals surface area (Å²) in [5.41, 5.74) is 3.84. The number of benzene rings is 1. The van der Waals surface area contributed by atoms with Crippen molar-refractivity contribution in [3.05, 3.63) is 59.3 Å². The average Bonchev–Trinajstić information content (AvgIpc) is 2.81. The van der Waals surface area contributed by atoms with Crippen molar-refractivity contribution in [1.82, 2.24) is 20.5 Å². The van der Waals surface area contributed by atoms with Crippen LogP contribution in [0.4, 0.5) is 5.82 Å². The van der Waals surface area contributed by atoms with Gasteiger partial charge in [-0.05, 0) is 49.6 Å². The highest BCUT2D eigenvalue weighted by atomic mass is 15.3. The van der Waals surface area contributed by atoms with E-state index in [2.05, 4.69) is 89.5 Å².